The quantitative estimate of drug-likeness (QED) is 0.943. The first-order valence-electron chi connectivity index (χ1n) is 5.20. The fraction of sp³-hybridized carbons (Fsp3) is 0.364. The molecule has 0 spiro atoms. The van der Waals surface area contributed by atoms with Crippen LogP contribution < -0.4 is 4.74 Å². The van der Waals surface area contributed by atoms with Crippen molar-refractivity contribution in [2.24, 2.45) is 0 Å². The summed E-state index contributed by atoms with van der Waals surface area (Å²) in [6.45, 7) is 2.68. The molecule has 2 aromatic heterocycles. The first-order chi connectivity index (χ1) is 8.17. The van der Waals surface area contributed by atoms with E-state index in [9.17, 15) is 5.11 Å². The van der Waals surface area contributed by atoms with Crippen molar-refractivity contribution in [3.05, 3.63) is 32.7 Å². The van der Waals surface area contributed by atoms with Crippen LogP contribution in [-0.2, 0) is 6.54 Å². The zero-order valence-corrected chi connectivity index (χ0v) is 12.0. The van der Waals surface area contributed by atoms with E-state index in [1.165, 1.54) is 11.3 Å². The molecule has 1 N–H and O–H groups in total. The maximum absolute atomic E-state index is 10.4. The minimum absolute atomic E-state index is 0.615. The fourth-order valence-electron chi connectivity index (χ4n) is 1.67. The summed E-state index contributed by atoms with van der Waals surface area (Å²) in [5, 5.41) is 14.6. The van der Waals surface area contributed by atoms with Gasteiger partial charge in [0.1, 0.15) is 11.8 Å². The van der Waals surface area contributed by atoms with E-state index >= 15 is 0 Å². The summed E-state index contributed by atoms with van der Waals surface area (Å²) in [6.07, 6.45) is 0.925. The van der Waals surface area contributed by atoms with Crippen molar-refractivity contribution in [2.45, 2.75) is 19.6 Å². The number of nitrogens with zero attached hydrogens (tertiary/aromatic N) is 2. The van der Waals surface area contributed by atoms with Crippen molar-refractivity contribution in [2.75, 3.05) is 7.11 Å². The van der Waals surface area contributed by atoms with Crippen LogP contribution in [0.4, 0.5) is 0 Å². The molecular formula is C11H13BrN2O2S. The largest absolute Gasteiger partial charge is 0.493 e. The van der Waals surface area contributed by atoms with Gasteiger partial charge >= 0.3 is 0 Å². The molecule has 6 heteroatoms. The first kappa shape index (κ1) is 12.6. The van der Waals surface area contributed by atoms with Crippen molar-refractivity contribution < 1.29 is 9.84 Å². The molecule has 0 aliphatic carbocycles. The summed E-state index contributed by atoms with van der Waals surface area (Å²) < 4.78 is 7.97. The van der Waals surface area contributed by atoms with E-state index in [1.807, 2.05) is 19.1 Å². The van der Waals surface area contributed by atoms with Gasteiger partial charge in [0.2, 0.25) is 0 Å². The summed E-state index contributed by atoms with van der Waals surface area (Å²) in [5.41, 5.74) is 0.698. The standard InChI is InChI=1S/C11H13BrN2O2S/c1-3-14-10(7(16-2)6-13-14)11(15)8-4-5-9(12)17-8/h4-6,11,15H,3H2,1-2H3. The Morgan fingerprint density at radius 3 is 2.88 bits per heavy atom. The van der Waals surface area contributed by atoms with Crippen molar-refractivity contribution in [1.82, 2.24) is 9.78 Å². The Balaban J connectivity index is 2.41. The number of thiophene rings is 1. The van der Waals surface area contributed by atoms with E-state index < -0.39 is 6.10 Å². The smallest absolute Gasteiger partial charge is 0.163 e. The number of hydrogen-bond donors (Lipinski definition) is 1. The van der Waals surface area contributed by atoms with Crippen LogP contribution in [0.15, 0.2) is 22.1 Å². The molecular weight excluding hydrogens is 304 g/mol. The lowest BCUT2D eigenvalue weighted by atomic mass is 10.2. The molecule has 0 radical (unpaired) electrons. The molecule has 0 saturated heterocycles. The average molecular weight is 317 g/mol. The number of hydrogen-bond acceptors (Lipinski definition) is 4. The summed E-state index contributed by atoms with van der Waals surface area (Å²) >= 11 is 4.89. The number of rotatable bonds is 4. The highest BCUT2D eigenvalue weighted by atomic mass is 79.9. The third-order valence-electron chi connectivity index (χ3n) is 2.49. The average Bonchev–Trinajstić information content (AvgIpc) is 2.93. The van der Waals surface area contributed by atoms with Gasteiger partial charge in [0, 0.05) is 11.4 Å². The molecule has 0 fully saturated rings. The zero-order valence-electron chi connectivity index (χ0n) is 9.55. The molecule has 0 aromatic carbocycles. The van der Waals surface area contributed by atoms with Crippen LogP contribution in [0.5, 0.6) is 5.75 Å². The van der Waals surface area contributed by atoms with Crippen molar-refractivity contribution in [3.8, 4) is 5.75 Å². The van der Waals surface area contributed by atoms with Gasteiger partial charge in [-0.05, 0) is 35.0 Å². The van der Waals surface area contributed by atoms with Gasteiger partial charge < -0.3 is 9.84 Å². The van der Waals surface area contributed by atoms with Gasteiger partial charge in [-0.15, -0.1) is 11.3 Å². The lowest BCUT2D eigenvalue weighted by molar-refractivity contribution is 0.206. The summed E-state index contributed by atoms with van der Waals surface area (Å²) in [6, 6.07) is 3.81. The lowest BCUT2D eigenvalue weighted by Crippen LogP contribution is -2.09. The minimum atomic E-state index is -0.705. The van der Waals surface area contributed by atoms with Gasteiger partial charge in [-0.1, -0.05) is 0 Å². The van der Waals surface area contributed by atoms with Crippen LogP contribution in [0.2, 0.25) is 0 Å². The molecule has 0 bridgehead atoms. The van der Waals surface area contributed by atoms with Gasteiger partial charge in [-0.3, -0.25) is 4.68 Å². The van der Waals surface area contributed by atoms with Gasteiger partial charge in [0.15, 0.2) is 5.75 Å². The molecule has 1 atom stereocenters. The Bertz CT molecular complexity index is 488. The minimum Gasteiger partial charge on any atom is -0.493 e. The molecule has 2 rings (SSSR count). The SMILES string of the molecule is CCn1ncc(OC)c1C(O)c1ccc(Br)s1. The highest BCUT2D eigenvalue weighted by Crippen LogP contribution is 2.35. The topological polar surface area (TPSA) is 47.3 Å². The maximum Gasteiger partial charge on any atom is 0.163 e. The first-order valence-corrected chi connectivity index (χ1v) is 6.81. The number of aliphatic hydroxyl groups excluding tert-OH is 1. The molecule has 17 heavy (non-hydrogen) atoms. The maximum atomic E-state index is 10.4. The predicted octanol–water partition coefficient (Wildman–Crippen LogP) is 2.82. The number of aryl methyl sites for hydroxylation is 1. The molecule has 2 aromatic rings. The number of methoxy groups -OCH3 is 1. The van der Waals surface area contributed by atoms with Gasteiger partial charge in [0.25, 0.3) is 0 Å². The number of aromatic nitrogens is 2. The Labute approximate surface area is 112 Å². The highest BCUT2D eigenvalue weighted by molar-refractivity contribution is 9.11. The van der Waals surface area contributed by atoms with E-state index in [-0.39, 0.29) is 0 Å². The van der Waals surface area contributed by atoms with Gasteiger partial charge in [-0.2, -0.15) is 5.10 Å². The Morgan fingerprint density at radius 1 is 1.59 bits per heavy atom. The number of ether oxygens (including phenoxy) is 1. The van der Waals surface area contributed by atoms with E-state index in [0.29, 0.717) is 18.0 Å². The molecule has 0 saturated carbocycles. The molecule has 4 nitrogen and oxygen atoms in total. The van der Waals surface area contributed by atoms with Crippen LogP contribution in [0.1, 0.15) is 23.6 Å². The Morgan fingerprint density at radius 2 is 2.35 bits per heavy atom. The monoisotopic (exact) mass is 316 g/mol. The van der Waals surface area contributed by atoms with Crippen molar-refractivity contribution >= 4 is 27.3 Å². The number of aliphatic hydroxyl groups is 1. The van der Waals surface area contributed by atoms with E-state index in [4.69, 9.17) is 4.74 Å². The van der Waals surface area contributed by atoms with E-state index in [0.717, 1.165) is 8.66 Å². The highest BCUT2D eigenvalue weighted by Gasteiger charge is 2.22. The van der Waals surface area contributed by atoms with Gasteiger partial charge in [-0.25, -0.2) is 0 Å². The van der Waals surface area contributed by atoms with E-state index in [2.05, 4.69) is 21.0 Å². The summed E-state index contributed by atoms with van der Waals surface area (Å²) in [4.78, 5) is 0.866. The Hall–Kier alpha value is -0.850. The molecule has 2 heterocycles. The van der Waals surface area contributed by atoms with Crippen LogP contribution in [0.25, 0.3) is 0 Å². The van der Waals surface area contributed by atoms with Crippen LogP contribution in [-0.4, -0.2) is 22.0 Å². The second-order valence-corrected chi connectivity index (χ2v) is 5.95. The number of halogens is 1. The third kappa shape index (κ3) is 2.38. The Kier molecular flexibility index (Phi) is 3.86. The molecule has 0 aliphatic heterocycles. The fourth-order valence-corrected chi connectivity index (χ4v) is 3.09. The van der Waals surface area contributed by atoms with E-state index in [1.54, 1.807) is 18.0 Å². The van der Waals surface area contributed by atoms with Crippen LogP contribution in [0, 0.1) is 0 Å². The molecule has 0 amide bonds. The predicted molar refractivity (Wildman–Crippen MR) is 70.5 cm³/mol. The summed E-state index contributed by atoms with van der Waals surface area (Å²) in [5.74, 6) is 0.615. The van der Waals surface area contributed by atoms with Crippen LogP contribution >= 0.6 is 27.3 Å². The van der Waals surface area contributed by atoms with Crippen LogP contribution in [0.3, 0.4) is 0 Å². The summed E-state index contributed by atoms with van der Waals surface area (Å²) in [7, 11) is 1.58. The van der Waals surface area contributed by atoms with Gasteiger partial charge in [0.05, 0.1) is 17.1 Å². The third-order valence-corrected chi connectivity index (χ3v) is 4.16. The van der Waals surface area contributed by atoms with Crippen molar-refractivity contribution in [3.63, 3.8) is 0 Å². The zero-order chi connectivity index (χ0) is 12.4. The molecule has 0 aliphatic rings. The second kappa shape index (κ2) is 5.20. The molecule has 92 valence electrons. The lowest BCUT2D eigenvalue weighted by Gasteiger charge is -2.12. The van der Waals surface area contributed by atoms with Crippen molar-refractivity contribution in [1.29, 1.82) is 0 Å². The second-order valence-electron chi connectivity index (χ2n) is 3.46. The molecule has 1 unspecified atom stereocenters. The normalized spacial score (nSPS) is 12.7.